The van der Waals surface area contributed by atoms with E-state index in [1.807, 2.05) is 0 Å². The maximum Gasteiger partial charge on any atom is 0.123 e. The van der Waals surface area contributed by atoms with Gasteiger partial charge in [0.05, 0.1) is 18.8 Å². The van der Waals surface area contributed by atoms with Gasteiger partial charge in [-0.2, -0.15) is 0 Å². The Morgan fingerprint density at radius 2 is 2.20 bits per heavy atom. The number of fused-ring (bicyclic) bond motifs is 1. The smallest absolute Gasteiger partial charge is 0.123 e. The van der Waals surface area contributed by atoms with Crippen LogP contribution in [0.5, 0.6) is 0 Å². The summed E-state index contributed by atoms with van der Waals surface area (Å²) in [4.78, 5) is 9.80. The molecule has 0 aliphatic carbocycles. The van der Waals surface area contributed by atoms with Crippen molar-refractivity contribution in [3.63, 3.8) is 0 Å². The Morgan fingerprint density at radius 3 is 2.90 bits per heavy atom. The van der Waals surface area contributed by atoms with E-state index >= 15 is 0 Å². The molecular formula is C15H26N4O. The molecule has 112 valence electrons. The van der Waals surface area contributed by atoms with Crippen LogP contribution in [0.25, 0.3) is 0 Å². The van der Waals surface area contributed by atoms with E-state index < -0.39 is 0 Å². The van der Waals surface area contributed by atoms with Gasteiger partial charge in [-0.05, 0) is 19.5 Å². The minimum atomic E-state index is 0.603. The lowest BCUT2D eigenvalue weighted by Gasteiger charge is -2.31. The Labute approximate surface area is 121 Å². The first-order valence-corrected chi connectivity index (χ1v) is 7.89. The Bertz CT molecular complexity index is 435. The average Bonchev–Trinajstić information content (AvgIpc) is 3.12. The van der Waals surface area contributed by atoms with Crippen LogP contribution >= 0.6 is 0 Å². The first-order valence-electron chi connectivity index (χ1n) is 7.89. The van der Waals surface area contributed by atoms with Crippen LogP contribution in [0.15, 0.2) is 6.20 Å². The van der Waals surface area contributed by atoms with Gasteiger partial charge in [-0.3, -0.25) is 9.80 Å². The Morgan fingerprint density at radius 1 is 1.35 bits per heavy atom. The second-order valence-corrected chi connectivity index (χ2v) is 5.79. The summed E-state index contributed by atoms with van der Waals surface area (Å²) in [5, 5.41) is 0. The van der Waals surface area contributed by atoms with E-state index in [9.17, 15) is 0 Å². The fraction of sp³-hybridized carbons (Fsp3) is 0.800. The highest BCUT2D eigenvalue weighted by Crippen LogP contribution is 2.20. The molecule has 2 aliphatic heterocycles. The highest BCUT2D eigenvalue weighted by Gasteiger charge is 2.27. The van der Waals surface area contributed by atoms with Crippen molar-refractivity contribution in [2.45, 2.75) is 45.9 Å². The summed E-state index contributed by atoms with van der Waals surface area (Å²) in [5.74, 6) is 1.23. The molecule has 0 aromatic carbocycles. The third-order valence-electron chi connectivity index (χ3n) is 4.58. The molecule has 1 fully saturated rings. The number of hydrogen-bond donors (Lipinski definition) is 0. The van der Waals surface area contributed by atoms with Gasteiger partial charge in [0, 0.05) is 38.5 Å². The molecule has 0 saturated carbocycles. The lowest BCUT2D eigenvalue weighted by molar-refractivity contribution is 0.121. The number of ether oxygens (including phenoxy) is 1. The second-order valence-electron chi connectivity index (χ2n) is 5.79. The predicted molar refractivity (Wildman–Crippen MR) is 78.5 cm³/mol. The molecule has 3 rings (SSSR count). The lowest BCUT2D eigenvalue weighted by Crippen LogP contribution is -2.41. The molecule has 1 atom stereocenters. The third-order valence-corrected chi connectivity index (χ3v) is 4.58. The predicted octanol–water partition coefficient (Wildman–Crippen LogP) is 1.33. The van der Waals surface area contributed by atoms with Gasteiger partial charge in [0.15, 0.2) is 0 Å². The van der Waals surface area contributed by atoms with Crippen LogP contribution < -0.4 is 0 Å². The molecule has 0 amide bonds. The summed E-state index contributed by atoms with van der Waals surface area (Å²) in [6.07, 6.45) is 3.42. The van der Waals surface area contributed by atoms with E-state index in [1.54, 1.807) is 0 Å². The zero-order valence-corrected chi connectivity index (χ0v) is 12.7. The third kappa shape index (κ3) is 2.90. The molecule has 2 aliphatic rings. The molecular weight excluding hydrogens is 252 g/mol. The number of imidazole rings is 1. The van der Waals surface area contributed by atoms with E-state index in [4.69, 9.17) is 9.72 Å². The van der Waals surface area contributed by atoms with Crippen LogP contribution in [0.1, 0.15) is 31.8 Å². The van der Waals surface area contributed by atoms with E-state index in [-0.39, 0.29) is 0 Å². The molecule has 5 nitrogen and oxygen atoms in total. The highest BCUT2D eigenvalue weighted by molar-refractivity contribution is 5.07. The lowest BCUT2D eigenvalue weighted by atomic mass is 10.2. The maximum atomic E-state index is 5.51. The van der Waals surface area contributed by atoms with Crippen molar-refractivity contribution in [3.8, 4) is 0 Å². The van der Waals surface area contributed by atoms with Crippen molar-refractivity contribution in [1.82, 2.24) is 19.4 Å². The topological polar surface area (TPSA) is 33.5 Å². The van der Waals surface area contributed by atoms with Gasteiger partial charge in [-0.15, -0.1) is 0 Å². The van der Waals surface area contributed by atoms with Gasteiger partial charge in [0.25, 0.3) is 0 Å². The molecule has 0 unspecified atom stereocenters. The number of aromatic nitrogens is 2. The van der Waals surface area contributed by atoms with E-state index in [0.717, 1.165) is 52.5 Å². The molecule has 1 aromatic rings. The standard InChI is InChI=1S/C15H26N4O/c1-3-17(4-2)9-13-10-19-7-6-18(11-15(19)16-13)14-5-8-20-12-14/h10,14H,3-9,11-12H2,1-2H3/t14-/m0/s1. The van der Waals surface area contributed by atoms with Crippen LogP contribution in [0.4, 0.5) is 0 Å². The summed E-state index contributed by atoms with van der Waals surface area (Å²) >= 11 is 0. The largest absolute Gasteiger partial charge is 0.380 e. The van der Waals surface area contributed by atoms with E-state index in [2.05, 4.69) is 34.4 Å². The molecule has 1 aromatic heterocycles. The zero-order valence-electron chi connectivity index (χ0n) is 12.7. The van der Waals surface area contributed by atoms with E-state index in [1.165, 1.54) is 17.9 Å². The fourth-order valence-corrected chi connectivity index (χ4v) is 3.20. The van der Waals surface area contributed by atoms with Crippen LogP contribution in [0.3, 0.4) is 0 Å². The summed E-state index contributed by atoms with van der Waals surface area (Å²) < 4.78 is 7.85. The van der Waals surface area contributed by atoms with Gasteiger partial charge >= 0.3 is 0 Å². The SMILES string of the molecule is CCN(CC)Cc1cn2c(n1)CN([C@H]1CCOC1)CC2. The van der Waals surface area contributed by atoms with Crippen LogP contribution in [0.2, 0.25) is 0 Å². The van der Waals surface area contributed by atoms with Gasteiger partial charge in [-0.1, -0.05) is 13.8 Å². The molecule has 1 saturated heterocycles. The summed E-state index contributed by atoms with van der Waals surface area (Å²) in [5.41, 5.74) is 1.22. The molecule has 0 spiro atoms. The summed E-state index contributed by atoms with van der Waals surface area (Å²) in [7, 11) is 0. The maximum absolute atomic E-state index is 5.51. The Balaban J connectivity index is 1.66. The van der Waals surface area contributed by atoms with Crippen LogP contribution in [0, 0.1) is 0 Å². The minimum absolute atomic E-state index is 0.603. The van der Waals surface area contributed by atoms with Crippen molar-refractivity contribution in [2.24, 2.45) is 0 Å². The summed E-state index contributed by atoms with van der Waals surface area (Å²) in [6, 6.07) is 0.603. The zero-order chi connectivity index (χ0) is 13.9. The summed E-state index contributed by atoms with van der Waals surface area (Å²) in [6.45, 7) is 12.6. The molecule has 20 heavy (non-hydrogen) atoms. The number of nitrogens with zero attached hydrogens (tertiary/aromatic N) is 4. The first kappa shape index (κ1) is 14.0. The minimum Gasteiger partial charge on any atom is -0.380 e. The monoisotopic (exact) mass is 278 g/mol. The van der Waals surface area contributed by atoms with Crippen molar-refractivity contribution >= 4 is 0 Å². The quantitative estimate of drug-likeness (QED) is 0.813. The average molecular weight is 278 g/mol. The molecule has 5 heteroatoms. The molecule has 0 radical (unpaired) electrons. The first-order chi connectivity index (χ1) is 9.80. The molecule has 3 heterocycles. The van der Waals surface area contributed by atoms with E-state index in [0.29, 0.717) is 6.04 Å². The van der Waals surface area contributed by atoms with Gasteiger partial charge in [-0.25, -0.2) is 4.98 Å². The normalized spacial score (nSPS) is 23.4. The van der Waals surface area contributed by atoms with Crippen molar-refractivity contribution < 1.29 is 4.74 Å². The van der Waals surface area contributed by atoms with Gasteiger partial charge in [0.1, 0.15) is 5.82 Å². The number of hydrogen-bond acceptors (Lipinski definition) is 4. The van der Waals surface area contributed by atoms with Crippen molar-refractivity contribution in [2.75, 3.05) is 32.8 Å². The highest BCUT2D eigenvalue weighted by atomic mass is 16.5. The Hall–Kier alpha value is -0.910. The van der Waals surface area contributed by atoms with Crippen molar-refractivity contribution in [3.05, 3.63) is 17.7 Å². The van der Waals surface area contributed by atoms with Crippen LogP contribution in [-0.4, -0.2) is 58.2 Å². The number of rotatable bonds is 5. The second kappa shape index (κ2) is 6.24. The Kier molecular flexibility index (Phi) is 4.38. The molecule has 0 N–H and O–H groups in total. The fourth-order valence-electron chi connectivity index (χ4n) is 3.20. The molecule has 0 bridgehead atoms. The van der Waals surface area contributed by atoms with Gasteiger partial charge in [0.2, 0.25) is 0 Å². The van der Waals surface area contributed by atoms with Crippen LogP contribution in [-0.2, 0) is 24.4 Å². The van der Waals surface area contributed by atoms with Crippen molar-refractivity contribution in [1.29, 1.82) is 0 Å². The van der Waals surface area contributed by atoms with Gasteiger partial charge < -0.3 is 9.30 Å².